The zero-order chi connectivity index (χ0) is 13.1. The maximum absolute atomic E-state index is 10.3. The fraction of sp³-hybridized carbons (Fsp3) is 0.286. The van der Waals surface area contributed by atoms with Crippen molar-refractivity contribution in [3.63, 3.8) is 0 Å². The van der Waals surface area contributed by atoms with Gasteiger partial charge in [-0.1, -0.05) is 0 Å². The third-order valence-electron chi connectivity index (χ3n) is 2.91. The van der Waals surface area contributed by atoms with Gasteiger partial charge in [0.15, 0.2) is 5.82 Å². The fourth-order valence-electron chi connectivity index (χ4n) is 1.92. The SMILES string of the molecule is COc1cc(C)c(C(O)c2ncccn2)cc1C. The van der Waals surface area contributed by atoms with Crippen LogP contribution in [0.25, 0.3) is 0 Å². The molecule has 0 radical (unpaired) electrons. The first-order chi connectivity index (χ1) is 8.63. The van der Waals surface area contributed by atoms with Crippen molar-refractivity contribution in [1.82, 2.24) is 9.97 Å². The summed E-state index contributed by atoms with van der Waals surface area (Å²) in [4.78, 5) is 8.15. The quantitative estimate of drug-likeness (QED) is 0.899. The fourth-order valence-corrected chi connectivity index (χ4v) is 1.92. The number of aromatic nitrogens is 2. The Morgan fingerprint density at radius 2 is 1.78 bits per heavy atom. The van der Waals surface area contributed by atoms with E-state index in [1.165, 1.54) is 0 Å². The van der Waals surface area contributed by atoms with Crippen molar-refractivity contribution in [1.29, 1.82) is 0 Å². The molecule has 1 aromatic heterocycles. The molecule has 94 valence electrons. The van der Waals surface area contributed by atoms with Gasteiger partial charge >= 0.3 is 0 Å². The van der Waals surface area contributed by atoms with Crippen molar-refractivity contribution >= 4 is 0 Å². The van der Waals surface area contributed by atoms with Crippen LogP contribution in [0.5, 0.6) is 5.75 Å². The number of ether oxygens (including phenoxy) is 1. The first kappa shape index (κ1) is 12.5. The Bertz CT molecular complexity index is 541. The molecule has 1 atom stereocenters. The summed E-state index contributed by atoms with van der Waals surface area (Å²) in [7, 11) is 1.64. The highest BCUT2D eigenvalue weighted by Crippen LogP contribution is 2.28. The number of aliphatic hydroxyl groups excluding tert-OH is 1. The van der Waals surface area contributed by atoms with Gasteiger partial charge in [-0.2, -0.15) is 0 Å². The second kappa shape index (κ2) is 5.14. The van der Waals surface area contributed by atoms with Crippen LogP contribution in [0.3, 0.4) is 0 Å². The molecule has 2 rings (SSSR count). The van der Waals surface area contributed by atoms with Crippen LogP contribution in [-0.4, -0.2) is 22.2 Å². The van der Waals surface area contributed by atoms with Gasteiger partial charge in [0, 0.05) is 12.4 Å². The van der Waals surface area contributed by atoms with Crippen molar-refractivity contribution in [2.24, 2.45) is 0 Å². The van der Waals surface area contributed by atoms with E-state index in [-0.39, 0.29) is 0 Å². The lowest BCUT2D eigenvalue weighted by Gasteiger charge is -2.15. The third-order valence-corrected chi connectivity index (χ3v) is 2.91. The van der Waals surface area contributed by atoms with Crippen molar-refractivity contribution in [2.75, 3.05) is 7.11 Å². The first-order valence-electron chi connectivity index (χ1n) is 5.73. The molecule has 0 aliphatic carbocycles. The summed E-state index contributed by atoms with van der Waals surface area (Å²) in [6, 6.07) is 5.55. The van der Waals surface area contributed by atoms with Crippen molar-refractivity contribution < 1.29 is 9.84 Å². The summed E-state index contributed by atoms with van der Waals surface area (Å²) in [5.41, 5.74) is 2.74. The molecule has 18 heavy (non-hydrogen) atoms. The lowest BCUT2D eigenvalue weighted by atomic mass is 9.99. The van der Waals surface area contributed by atoms with Crippen LogP contribution in [0, 0.1) is 13.8 Å². The number of rotatable bonds is 3. The van der Waals surface area contributed by atoms with Crippen molar-refractivity contribution in [2.45, 2.75) is 20.0 Å². The Hall–Kier alpha value is -1.94. The van der Waals surface area contributed by atoms with E-state index in [1.807, 2.05) is 26.0 Å². The largest absolute Gasteiger partial charge is 0.496 e. The Kier molecular flexibility index (Phi) is 3.58. The van der Waals surface area contributed by atoms with Gasteiger partial charge < -0.3 is 9.84 Å². The Morgan fingerprint density at radius 3 is 2.39 bits per heavy atom. The molecule has 0 amide bonds. The van der Waals surface area contributed by atoms with Crippen LogP contribution in [-0.2, 0) is 0 Å². The van der Waals surface area contributed by atoms with Crippen LogP contribution in [0.1, 0.15) is 28.6 Å². The number of hydrogen-bond donors (Lipinski definition) is 1. The molecule has 1 N–H and O–H groups in total. The number of methoxy groups -OCH3 is 1. The van der Waals surface area contributed by atoms with Crippen LogP contribution in [0.15, 0.2) is 30.6 Å². The molecule has 0 bridgehead atoms. The van der Waals surface area contributed by atoms with Gasteiger partial charge in [-0.15, -0.1) is 0 Å². The summed E-state index contributed by atoms with van der Waals surface area (Å²) >= 11 is 0. The van der Waals surface area contributed by atoms with Gasteiger partial charge in [0.25, 0.3) is 0 Å². The van der Waals surface area contributed by atoms with E-state index in [4.69, 9.17) is 4.74 Å². The van der Waals surface area contributed by atoms with Gasteiger partial charge in [-0.3, -0.25) is 0 Å². The van der Waals surface area contributed by atoms with Gasteiger partial charge in [0.2, 0.25) is 0 Å². The highest BCUT2D eigenvalue weighted by Gasteiger charge is 2.17. The molecule has 1 aromatic carbocycles. The summed E-state index contributed by atoms with van der Waals surface area (Å²) in [6.07, 6.45) is 2.44. The molecule has 1 unspecified atom stereocenters. The van der Waals surface area contributed by atoms with Crippen LogP contribution in [0.4, 0.5) is 0 Å². The molecule has 0 aliphatic heterocycles. The van der Waals surface area contributed by atoms with E-state index in [2.05, 4.69) is 9.97 Å². The number of benzene rings is 1. The van der Waals surface area contributed by atoms with Gasteiger partial charge in [-0.05, 0) is 48.7 Å². The smallest absolute Gasteiger partial charge is 0.161 e. The minimum Gasteiger partial charge on any atom is -0.496 e. The zero-order valence-electron chi connectivity index (χ0n) is 10.7. The van der Waals surface area contributed by atoms with E-state index in [1.54, 1.807) is 25.6 Å². The van der Waals surface area contributed by atoms with E-state index in [0.29, 0.717) is 5.82 Å². The Morgan fingerprint density at radius 1 is 1.11 bits per heavy atom. The lowest BCUT2D eigenvalue weighted by molar-refractivity contribution is 0.209. The normalized spacial score (nSPS) is 12.2. The molecular formula is C14H16N2O2. The standard InChI is InChI=1S/C14H16N2O2/c1-9-8-12(18-3)10(2)7-11(9)13(17)14-15-5-4-6-16-14/h4-8,13,17H,1-3H3. The average molecular weight is 244 g/mol. The van der Waals surface area contributed by atoms with E-state index >= 15 is 0 Å². The van der Waals surface area contributed by atoms with Gasteiger partial charge in [-0.25, -0.2) is 9.97 Å². The molecule has 0 aliphatic rings. The number of hydrogen-bond acceptors (Lipinski definition) is 4. The molecule has 1 heterocycles. The summed E-state index contributed by atoms with van der Waals surface area (Å²) < 4.78 is 5.25. The molecule has 0 fully saturated rings. The predicted molar refractivity (Wildman–Crippen MR) is 68.6 cm³/mol. The Labute approximate surface area is 106 Å². The first-order valence-corrected chi connectivity index (χ1v) is 5.73. The van der Waals surface area contributed by atoms with Crippen LogP contribution < -0.4 is 4.74 Å². The summed E-state index contributed by atoms with van der Waals surface area (Å²) in [5, 5.41) is 10.3. The lowest BCUT2D eigenvalue weighted by Crippen LogP contribution is -2.07. The second-order valence-corrected chi connectivity index (χ2v) is 4.19. The monoisotopic (exact) mass is 244 g/mol. The third kappa shape index (κ3) is 2.33. The van der Waals surface area contributed by atoms with E-state index < -0.39 is 6.10 Å². The topological polar surface area (TPSA) is 55.2 Å². The van der Waals surface area contributed by atoms with Crippen molar-refractivity contribution in [3.05, 3.63) is 53.1 Å². The summed E-state index contributed by atoms with van der Waals surface area (Å²) in [5.74, 6) is 1.22. The second-order valence-electron chi connectivity index (χ2n) is 4.19. The molecular weight excluding hydrogens is 228 g/mol. The number of aryl methyl sites for hydroxylation is 2. The molecule has 2 aromatic rings. The van der Waals surface area contributed by atoms with Gasteiger partial charge in [0.05, 0.1) is 7.11 Å². The zero-order valence-corrected chi connectivity index (χ0v) is 10.7. The van der Waals surface area contributed by atoms with Gasteiger partial charge in [0.1, 0.15) is 11.9 Å². The highest BCUT2D eigenvalue weighted by atomic mass is 16.5. The molecule has 0 spiro atoms. The summed E-state index contributed by atoms with van der Waals surface area (Å²) in [6.45, 7) is 3.88. The molecule has 4 heteroatoms. The number of nitrogens with zero attached hydrogens (tertiary/aromatic N) is 2. The number of aliphatic hydroxyl groups is 1. The highest BCUT2D eigenvalue weighted by molar-refractivity contribution is 5.43. The van der Waals surface area contributed by atoms with E-state index in [0.717, 1.165) is 22.4 Å². The van der Waals surface area contributed by atoms with Crippen LogP contribution >= 0.6 is 0 Å². The van der Waals surface area contributed by atoms with Crippen molar-refractivity contribution in [3.8, 4) is 5.75 Å². The van der Waals surface area contributed by atoms with Crippen LogP contribution in [0.2, 0.25) is 0 Å². The predicted octanol–water partition coefficient (Wildman–Crippen LogP) is 2.18. The molecule has 0 saturated carbocycles. The maximum atomic E-state index is 10.3. The molecule has 4 nitrogen and oxygen atoms in total. The molecule has 0 saturated heterocycles. The Balaban J connectivity index is 2.43. The minimum atomic E-state index is -0.809. The maximum Gasteiger partial charge on any atom is 0.161 e. The minimum absolute atomic E-state index is 0.408. The average Bonchev–Trinajstić information content (AvgIpc) is 2.41. The van der Waals surface area contributed by atoms with E-state index in [9.17, 15) is 5.11 Å².